The molecule has 0 saturated carbocycles. The van der Waals surface area contributed by atoms with Gasteiger partial charge in [0.1, 0.15) is 5.60 Å². The molecule has 3 aliphatic heterocycles. The highest BCUT2D eigenvalue weighted by Gasteiger charge is 2.54. The second-order valence-electron chi connectivity index (χ2n) is 5.53. The predicted octanol–water partition coefficient (Wildman–Crippen LogP) is 0.180. The van der Waals surface area contributed by atoms with Gasteiger partial charge in [-0.1, -0.05) is 0 Å². The van der Waals surface area contributed by atoms with Crippen molar-refractivity contribution in [2.45, 2.75) is 30.6 Å². The van der Waals surface area contributed by atoms with Crippen LogP contribution >= 0.6 is 0 Å². The van der Waals surface area contributed by atoms with Crippen LogP contribution in [0.4, 0.5) is 0 Å². The second kappa shape index (κ2) is 3.95. The van der Waals surface area contributed by atoms with Gasteiger partial charge in [0.05, 0.1) is 6.10 Å². The second-order valence-corrected chi connectivity index (χ2v) is 5.53. The maximum absolute atomic E-state index is 6.02. The molecule has 3 aliphatic rings. The molecule has 0 aliphatic carbocycles. The molecule has 3 fully saturated rings. The summed E-state index contributed by atoms with van der Waals surface area (Å²) in [5, 5.41) is 0. The van der Waals surface area contributed by atoms with Crippen molar-refractivity contribution in [1.82, 2.24) is 9.80 Å². The van der Waals surface area contributed by atoms with Gasteiger partial charge >= 0.3 is 0 Å². The minimum Gasteiger partial charge on any atom is -0.380 e. The number of hydrogen-bond acceptors (Lipinski definition) is 4. The lowest BCUT2D eigenvalue weighted by Crippen LogP contribution is -2.68. The van der Waals surface area contributed by atoms with Gasteiger partial charge in [-0.3, -0.25) is 4.90 Å². The molecule has 0 radical (unpaired) electrons. The Labute approximate surface area is 97.5 Å². The van der Waals surface area contributed by atoms with E-state index in [1.165, 1.54) is 19.4 Å². The first-order valence-corrected chi connectivity index (χ1v) is 6.33. The minimum atomic E-state index is 0.150. The van der Waals surface area contributed by atoms with E-state index in [1.54, 1.807) is 0 Å². The number of hydrogen-bond donors (Lipinski definition) is 0. The maximum Gasteiger partial charge on any atom is 0.109 e. The molecule has 4 nitrogen and oxygen atoms in total. The van der Waals surface area contributed by atoms with Gasteiger partial charge in [0, 0.05) is 45.9 Å². The van der Waals surface area contributed by atoms with Crippen LogP contribution in [-0.2, 0) is 9.47 Å². The fourth-order valence-electron chi connectivity index (χ4n) is 3.65. The Morgan fingerprint density at radius 2 is 2.12 bits per heavy atom. The molecular formula is C12H22N2O2. The van der Waals surface area contributed by atoms with Crippen LogP contribution in [0.25, 0.3) is 0 Å². The molecule has 3 rings (SSSR count). The van der Waals surface area contributed by atoms with Crippen LogP contribution in [0.2, 0.25) is 0 Å². The molecular weight excluding hydrogens is 204 g/mol. The number of ether oxygens (including phenoxy) is 2. The Hall–Kier alpha value is -0.160. The molecule has 0 aromatic heterocycles. The summed E-state index contributed by atoms with van der Waals surface area (Å²) in [6.45, 7) is 5.41. The molecule has 2 unspecified atom stereocenters. The Kier molecular flexibility index (Phi) is 2.70. The van der Waals surface area contributed by atoms with E-state index in [4.69, 9.17) is 9.47 Å². The first-order valence-electron chi connectivity index (χ1n) is 6.33. The molecule has 4 heteroatoms. The van der Waals surface area contributed by atoms with E-state index < -0.39 is 0 Å². The molecule has 16 heavy (non-hydrogen) atoms. The van der Waals surface area contributed by atoms with Gasteiger partial charge in [0.25, 0.3) is 0 Å². The first-order chi connectivity index (χ1) is 7.73. The zero-order chi connectivity index (χ0) is 11.2. The van der Waals surface area contributed by atoms with E-state index in [-0.39, 0.29) is 5.60 Å². The van der Waals surface area contributed by atoms with Crippen LogP contribution in [0.15, 0.2) is 0 Å². The standard InChI is InChI=1S/C12H22N2O2/c1-13-8-12(9-13)11(4-6-16-12)14-5-3-10(7-14)15-2/h10-11H,3-9H2,1-2H3. The van der Waals surface area contributed by atoms with Gasteiger partial charge in [-0.05, 0) is 19.9 Å². The van der Waals surface area contributed by atoms with E-state index in [2.05, 4.69) is 16.8 Å². The molecule has 0 bridgehead atoms. The zero-order valence-electron chi connectivity index (χ0n) is 10.3. The van der Waals surface area contributed by atoms with Crippen molar-refractivity contribution in [1.29, 1.82) is 0 Å². The van der Waals surface area contributed by atoms with Crippen molar-refractivity contribution >= 4 is 0 Å². The van der Waals surface area contributed by atoms with Crippen molar-refractivity contribution in [3.05, 3.63) is 0 Å². The van der Waals surface area contributed by atoms with Crippen molar-refractivity contribution in [2.24, 2.45) is 0 Å². The van der Waals surface area contributed by atoms with Crippen LogP contribution in [-0.4, -0.2) is 74.5 Å². The Bertz CT molecular complexity index is 266. The van der Waals surface area contributed by atoms with E-state index >= 15 is 0 Å². The van der Waals surface area contributed by atoms with Gasteiger partial charge in [0.15, 0.2) is 0 Å². The van der Waals surface area contributed by atoms with Gasteiger partial charge in [-0.15, -0.1) is 0 Å². The number of likely N-dealkylation sites (N-methyl/N-ethyl adjacent to an activating group) is 1. The molecule has 0 aromatic carbocycles. The number of methoxy groups -OCH3 is 1. The molecule has 3 saturated heterocycles. The average molecular weight is 226 g/mol. The summed E-state index contributed by atoms with van der Waals surface area (Å²) < 4.78 is 11.5. The van der Waals surface area contributed by atoms with E-state index in [9.17, 15) is 0 Å². The Morgan fingerprint density at radius 1 is 1.31 bits per heavy atom. The predicted molar refractivity (Wildman–Crippen MR) is 61.6 cm³/mol. The van der Waals surface area contributed by atoms with Crippen LogP contribution in [0.1, 0.15) is 12.8 Å². The van der Waals surface area contributed by atoms with E-state index in [1.807, 2.05) is 7.11 Å². The third kappa shape index (κ3) is 1.59. The van der Waals surface area contributed by atoms with Crippen LogP contribution < -0.4 is 0 Å². The summed E-state index contributed by atoms with van der Waals surface area (Å²) in [7, 11) is 4.00. The smallest absolute Gasteiger partial charge is 0.109 e. The highest BCUT2D eigenvalue weighted by Crippen LogP contribution is 2.38. The molecule has 2 atom stereocenters. The van der Waals surface area contributed by atoms with Crippen LogP contribution in [0.3, 0.4) is 0 Å². The molecule has 92 valence electrons. The Morgan fingerprint density at radius 3 is 2.75 bits per heavy atom. The van der Waals surface area contributed by atoms with Gasteiger partial charge in [-0.2, -0.15) is 0 Å². The molecule has 3 heterocycles. The number of nitrogens with zero attached hydrogens (tertiary/aromatic N) is 2. The first kappa shape index (κ1) is 11.0. The fraction of sp³-hybridized carbons (Fsp3) is 1.00. The van der Waals surface area contributed by atoms with Gasteiger partial charge in [-0.25, -0.2) is 0 Å². The maximum atomic E-state index is 6.02. The summed E-state index contributed by atoms with van der Waals surface area (Å²) in [5.74, 6) is 0. The van der Waals surface area contributed by atoms with Crippen molar-refractivity contribution in [3.8, 4) is 0 Å². The summed E-state index contributed by atoms with van der Waals surface area (Å²) in [6, 6.07) is 0.629. The van der Waals surface area contributed by atoms with Crippen molar-refractivity contribution in [2.75, 3.05) is 46.9 Å². The van der Waals surface area contributed by atoms with Gasteiger partial charge < -0.3 is 14.4 Å². The lowest BCUT2D eigenvalue weighted by atomic mass is 9.86. The molecule has 1 spiro atoms. The highest BCUT2D eigenvalue weighted by molar-refractivity contribution is 5.09. The lowest BCUT2D eigenvalue weighted by molar-refractivity contribution is -0.130. The summed E-state index contributed by atoms with van der Waals surface area (Å²) in [6.07, 6.45) is 2.82. The van der Waals surface area contributed by atoms with E-state index in [0.717, 1.165) is 26.2 Å². The third-order valence-electron chi connectivity index (χ3n) is 4.41. The normalized spacial score (nSPS) is 39.4. The minimum absolute atomic E-state index is 0.150. The number of likely N-dealkylation sites (tertiary alicyclic amines) is 2. The van der Waals surface area contributed by atoms with Crippen molar-refractivity contribution < 1.29 is 9.47 Å². The highest BCUT2D eigenvalue weighted by atomic mass is 16.5. The molecule has 0 aromatic rings. The fourth-order valence-corrected chi connectivity index (χ4v) is 3.65. The lowest BCUT2D eigenvalue weighted by Gasteiger charge is -2.50. The zero-order valence-corrected chi connectivity index (χ0v) is 10.3. The molecule has 0 N–H and O–H groups in total. The van der Waals surface area contributed by atoms with Crippen LogP contribution in [0.5, 0.6) is 0 Å². The van der Waals surface area contributed by atoms with Crippen LogP contribution in [0, 0.1) is 0 Å². The van der Waals surface area contributed by atoms with E-state index in [0.29, 0.717) is 12.1 Å². The van der Waals surface area contributed by atoms with Crippen molar-refractivity contribution in [3.63, 3.8) is 0 Å². The summed E-state index contributed by atoms with van der Waals surface area (Å²) in [5.41, 5.74) is 0.150. The Balaban J connectivity index is 1.66. The summed E-state index contributed by atoms with van der Waals surface area (Å²) in [4.78, 5) is 4.94. The quantitative estimate of drug-likeness (QED) is 0.670. The largest absolute Gasteiger partial charge is 0.380 e. The average Bonchev–Trinajstić information content (AvgIpc) is 2.82. The molecule has 0 amide bonds. The number of rotatable bonds is 2. The third-order valence-corrected chi connectivity index (χ3v) is 4.41. The summed E-state index contributed by atoms with van der Waals surface area (Å²) >= 11 is 0. The monoisotopic (exact) mass is 226 g/mol. The topological polar surface area (TPSA) is 24.9 Å². The SMILES string of the molecule is COC1CCN(C2CCOC23CN(C)C3)C1. The van der Waals surface area contributed by atoms with Gasteiger partial charge in [0.2, 0.25) is 0 Å².